The molecule has 2 aromatic carbocycles. The number of nitrogens with one attached hydrogen (secondary N) is 1. The van der Waals surface area contributed by atoms with E-state index in [9.17, 15) is 26.4 Å². The maximum Gasteiger partial charge on any atom is 0.573 e. The van der Waals surface area contributed by atoms with Crippen molar-refractivity contribution < 1.29 is 31.1 Å². The van der Waals surface area contributed by atoms with Crippen LogP contribution in [-0.2, 0) is 16.4 Å². The highest BCUT2D eigenvalue weighted by molar-refractivity contribution is 7.91. The Morgan fingerprint density at radius 2 is 1.79 bits per heavy atom. The summed E-state index contributed by atoms with van der Waals surface area (Å²) in [5.74, 6) is -0.761. The van der Waals surface area contributed by atoms with Crippen molar-refractivity contribution in [3.8, 4) is 5.75 Å². The normalized spacial score (nSPS) is 12.0. The minimum Gasteiger partial charge on any atom is -0.404 e. The van der Waals surface area contributed by atoms with Gasteiger partial charge in [0.05, 0.1) is 10.5 Å². The van der Waals surface area contributed by atoms with Gasteiger partial charge in [0.25, 0.3) is 5.91 Å². The predicted octanol–water partition coefficient (Wildman–Crippen LogP) is 3.39. The van der Waals surface area contributed by atoms with Crippen molar-refractivity contribution in [2.45, 2.75) is 22.7 Å². The minimum atomic E-state index is -5.04. The van der Waals surface area contributed by atoms with Crippen LogP contribution in [0.1, 0.15) is 15.9 Å². The van der Waals surface area contributed by atoms with Gasteiger partial charge in [-0.15, -0.1) is 13.2 Å². The lowest BCUT2D eigenvalue weighted by atomic mass is 10.2. The summed E-state index contributed by atoms with van der Waals surface area (Å²) in [6.45, 7) is 0.0922. The average molecular weight is 476 g/mol. The molecule has 33 heavy (non-hydrogen) atoms. The number of alkyl halides is 3. The summed E-state index contributed by atoms with van der Waals surface area (Å²) >= 11 is 0. The molecule has 0 atom stereocenters. The zero-order valence-corrected chi connectivity index (χ0v) is 17.5. The summed E-state index contributed by atoms with van der Waals surface area (Å²) in [4.78, 5) is 19.6. The van der Waals surface area contributed by atoms with Crippen LogP contribution in [0.15, 0.2) is 83.1 Å². The van der Waals surface area contributed by atoms with E-state index >= 15 is 0 Å². The summed E-state index contributed by atoms with van der Waals surface area (Å²) in [6, 6.07) is 9.92. The standard InChI is InChI=1S/C21H15F3N4O4S/c22-21(23,24)32-17-3-1-2-4-18(17)33(30,31)16-7-5-14(6-8-16)11-26-19(29)15-12-27-20-25-9-10-28(20)13-15/h1-10,12-13H,11H2,(H,26,29). The van der Waals surface area contributed by atoms with Gasteiger partial charge in [-0.25, -0.2) is 18.4 Å². The first-order chi connectivity index (χ1) is 15.6. The third kappa shape index (κ3) is 4.95. The van der Waals surface area contributed by atoms with Crippen molar-refractivity contribution in [2.24, 2.45) is 0 Å². The fourth-order valence-electron chi connectivity index (χ4n) is 3.01. The molecule has 0 bridgehead atoms. The molecule has 0 aliphatic rings. The molecule has 4 aromatic rings. The van der Waals surface area contributed by atoms with Crippen molar-refractivity contribution in [1.29, 1.82) is 0 Å². The molecule has 0 aliphatic heterocycles. The topological polar surface area (TPSA) is 103 Å². The fourth-order valence-corrected chi connectivity index (χ4v) is 4.39. The van der Waals surface area contributed by atoms with Crippen molar-refractivity contribution in [3.05, 3.63) is 84.4 Å². The first kappa shape index (κ1) is 22.3. The maximum absolute atomic E-state index is 12.9. The molecule has 0 saturated heterocycles. The van der Waals surface area contributed by atoms with Gasteiger partial charge in [0.15, 0.2) is 0 Å². The molecular weight excluding hydrogens is 461 g/mol. The Morgan fingerprint density at radius 3 is 2.52 bits per heavy atom. The Balaban J connectivity index is 1.48. The van der Waals surface area contributed by atoms with E-state index in [1.165, 1.54) is 42.6 Å². The van der Waals surface area contributed by atoms with Gasteiger partial charge in [-0.3, -0.25) is 9.20 Å². The van der Waals surface area contributed by atoms with Crippen molar-refractivity contribution in [3.63, 3.8) is 0 Å². The molecular formula is C21H15F3N4O4S. The van der Waals surface area contributed by atoms with E-state index in [2.05, 4.69) is 20.0 Å². The van der Waals surface area contributed by atoms with Crippen molar-refractivity contribution in [1.82, 2.24) is 19.7 Å². The van der Waals surface area contributed by atoms with E-state index in [0.717, 1.165) is 12.1 Å². The van der Waals surface area contributed by atoms with E-state index in [0.29, 0.717) is 16.9 Å². The number of rotatable bonds is 6. The lowest BCUT2D eigenvalue weighted by molar-refractivity contribution is -0.275. The summed E-state index contributed by atoms with van der Waals surface area (Å²) in [7, 11) is -4.28. The van der Waals surface area contributed by atoms with E-state index < -0.39 is 32.8 Å². The second-order valence-corrected chi connectivity index (χ2v) is 8.72. The third-order valence-corrected chi connectivity index (χ3v) is 6.37. The SMILES string of the molecule is O=C(NCc1ccc(S(=O)(=O)c2ccccc2OC(F)(F)F)cc1)c1cnc2nccn2c1. The number of sulfone groups is 1. The molecule has 8 nitrogen and oxygen atoms in total. The Hall–Kier alpha value is -3.93. The highest BCUT2D eigenvalue weighted by Crippen LogP contribution is 2.33. The van der Waals surface area contributed by atoms with E-state index in [1.807, 2.05) is 0 Å². The summed E-state index contributed by atoms with van der Waals surface area (Å²) in [5, 5.41) is 2.69. The molecule has 1 amide bonds. The Morgan fingerprint density at radius 1 is 1.06 bits per heavy atom. The Kier molecular flexibility index (Phi) is 5.77. The van der Waals surface area contributed by atoms with Crippen LogP contribution in [0.5, 0.6) is 5.75 Å². The van der Waals surface area contributed by atoms with E-state index in [4.69, 9.17) is 0 Å². The highest BCUT2D eigenvalue weighted by atomic mass is 32.2. The van der Waals surface area contributed by atoms with E-state index in [1.54, 1.807) is 23.0 Å². The van der Waals surface area contributed by atoms with Crippen molar-refractivity contribution in [2.75, 3.05) is 0 Å². The lowest BCUT2D eigenvalue weighted by Gasteiger charge is -2.13. The molecule has 170 valence electrons. The van der Waals surface area contributed by atoms with Crippen LogP contribution in [0.2, 0.25) is 0 Å². The molecule has 0 unspecified atom stereocenters. The van der Waals surface area contributed by atoms with Gasteiger partial charge >= 0.3 is 6.36 Å². The monoisotopic (exact) mass is 476 g/mol. The molecule has 0 saturated carbocycles. The van der Waals surface area contributed by atoms with Crippen LogP contribution in [0.25, 0.3) is 5.78 Å². The van der Waals surface area contributed by atoms with Gasteiger partial charge in [0, 0.05) is 31.3 Å². The second-order valence-electron chi connectivity index (χ2n) is 6.80. The molecule has 2 heterocycles. The maximum atomic E-state index is 12.9. The smallest absolute Gasteiger partial charge is 0.404 e. The second kappa shape index (κ2) is 8.54. The summed E-state index contributed by atoms with van der Waals surface area (Å²) in [6.07, 6.45) is 1.11. The molecule has 1 N–H and O–H groups in total. The van der Waals surface area contributed by atoms with E-state index in [-0.39, 0.29) is 11.4 Å². The molecule has 0 radical (unpaired) electrons. The van der Waals surface area contributed by atoms with Gasteiger partial charge in [-0.05, 0) is 29.8 Å². The number of carbonyl (C=O) groups excluding carboxylic acids is 1. The first-order valence-electron chi connectivity index (χ1n) is 9.39. The first-order valence-corrected chi connectivity index (χ1v) is 10.9. The Labute approximate surface area is 185 Å². The number of carbonyl (C=O) groups is 1. The molecule has 12 heteroatoms. The number of hydrogen-bond donors (Lipinski definition) is 1. The van der Waals surface area contributed by atoms with Gasteiger partial charge in [-0.1, -0.05) is 24.3 Å². The molecule has 2 aromatic heterocycles. The fraction of sp³-hybridized carbons (Fsp3) is 0.0952. The molecule has 0 fully saturated rings. The number of fused-ring (bicyclic) bond motifs is 1. The van der Waals surface area contributed by atoms with Crippen molar-refractivity contribution >= 4 is 21.5 Å². The number of imidazole rings is 1. The molecule has 0 spiro atoms. The predicted molar refractivity (Wildman–Crippen MR) is 109 cm³/mol. The number of amides is 1. The average Bonchev–Trinajstić information content (AvgIpc) is 3.25. The minimum absolute atomic E-state index is 0.0922. The van der Waals surface area contributed by atoms with Crippen LogP contribution < -0.4 is 10.1 Å². The number of para-hydroxylation sites is 1. The van der Waals surface area contributed by atoms with Gasteiger partial charge < -0.3 is 10.1 Å². The van der Waals surface area contributed by atoms with Crippen LogP contribution >= 0.6 is 0 Å². The zero-order valence-electron chi connectivity index (χ0n) is 16.7. The number of nitrogens with zero attached hydrogens (tertiary/aromatic N) is 3. The van der Waals surface area contributed by atoms with Crippen LogP contribution in [0.4, 0.5) is 13.2 Å². The number of hydrogen-bond acceptors (Lipinski definition) is 6. The number of ether oxygens (including phenoxy) is 1. The zero-order chi connectivity index (χ0) is 23.6. The van der Waals surface area contributed by atoms with Gasteiger partial charge in [0.1, 0.15) is 10.6 Å². The lowest BCUT2D eigenvalue weighted by Crippen LogP contribution is -2.23. The van der Waals surface area contributed by atoms with Crippen LogP contribution in [0, 0.1) is 0 Å². The van der Waals surface area contributed by atoms with Gasteiger partial charge in [0.2, 0.25) is 15.6 Å². The Bertz CT molecular complexity index is 1420. The summed E-state index contributed by atoms with van der Waals surface area (Å²) < 4.78 is 69.1. The molecule has 4 rings (SSSR count). The quantitative estimate of drug-likeness (QED) is 0.458. The number of aromatic nitrogens is 3. The highest BCUT2D eigenvalue weighted by Gasteiger charge is 2.34. The largest absolute Gasteiger partial charge is 0.573 e. The third-order valence-electron chi connectivity index (χ3n) is 4.56. The number of benzene rings is 2. The van der Waals surface area contributed by atoms with Crippen LogP contribution in [-0.4, -0.2) is 35.1 Å². The van der Waals surface area contributed by atoms with Gasteiger partial charge in [-0.2, -0.15) is 0 Å². The summed E-state index contributed by atoms with van der Waals surface area (Å²) in [5.41, 5.74) is 0.889. The molecule has 0 aliphatic carbocycles. The number of halogens is 3. The van der Waals surface area contributed by atoms with Crippen LogP contribution in [0.3, 0.4) is 0 Å².